The topological polar surface area (TPSA) is 49.9 Å². The van der Waals surface area contributed by atoms with Gasteiger partial charge in [-0.05, 0) is 73.9 Å². The number of nitrogens with zero attached hydrogens (tertiary/aromatic N) is 2. The number of benzene rings is 3. The molecule has 2 atom stereocenters. The molecule has 0 unspecified atom stereocenters. The summed E-state index contributed by atoms with van der Waals surface area (Å²) in [5, 5.41) is 0.634. The van der Waals surface area contributed by atoms with E-state index in [1.54, 1.807) is 24.1 Å². The van der Waals surface area contributed by atoms with Crippen LogP contribution in [0.3, 0.4) is 0 Å². The van der Waals surface area contributed by atoms with Crippen molar-refractivity contribution in [3.8, 4) is 5.75 Å². The highest BCUT2D eigenvalue weighted by atomic mass is 35.5. The highest BCUT2D eigenvalue weighted by Gasteiger charge is 2.38. The summed E-state index contributed by atoms with van der Waals surface area (Å²) >= 11 is 6.05. The van der Waals surface area contributed by atoms with E-state index in [1.165, 1.54) is 0 Å². The van der Waals surface area contributed by atoms with Gasteiger partial charge in [0.1, 0.15) is 5.75 Å². The van der Waals surface area contributed by atoms with E-state index in [9.17, 15) is 9.59 Å². The standard InChI is InChI=1S/C28H29ClN2O3/c1-4-30(22-13-11-21(29)12-14-22)28(33)25-17-19(2)31(26-8-6-5-7-24(25)26)27(32)18-20-9-15-23(34-3)16-10-20/h5-16,19,25H,4,17-18H2,1-3H3/t19-,25-/m1/s1. The average Bonchev–Trinajstić information content (AvgIpc) is 2.85. The summed E-state index contributed by atoms with van der Waals surface area (Å²) in [5.74, 6) is 0.481. The van der Waals surface area contributed by atoms with Gasteiger partial charge in [0.05, 0.1) is 19.4 Å². The van der Waals surface area contributed by atoms with Crippen molar-refractivity contribution >= 4 is 34.8 Å². The fourth-order valence-electron chi connectivity index (χ4n) is 4.70. The summed E-state index contributed by atoms with van der Waals surface area (Å²) in [6, 6.07) is 22.5. The summed E-state index contributed by atoms with van der Waals surface area (Å²) in [5.41, 5.74) is 3.44. The van der Waals surface area contributed by atoms with Gasteiger partial charge in [0.25, 0.3) is 0 Å². The number of rotatable bonds is 6. The summed E-state index contributed by atoms with van der Waals surface area (Å²) in [6.07, 6.45) is 0.849. The SMILES string of the molecule is CCN(C(=O)[C@@H]1C[C@@H](C)N(C(=O)Cc2ccc(OC)cc2)c2ccccc21)c1ccc(Cl)cc1. The zero-order chi connectivity index (χ0) is 24.2. The molecule has 0 radical (unpaired) electrons. The number of carbonyl (C=O) groups excluding carboxylic acids is 2. The van der Waals surface area contributed by atoms with Gasteiger partial charge in [-0.2, -0.15) is 0 Å². The number of hydrogen-bond acceptors (Lipinski definition) is 3. The highest BCUT2D eigenvalue weighted by Crippen LogP contribution is 2.40. The lowest BCUT2D eigenvalue weighted by atomic mass is 9.84. The van der Waals surface area contributed by atoms with Gasteiger partial charge < -0.3 is 14.5 Å². The van der Waals surface area contributed by atoms with Gasteiger partial charge in [-0.15, -0.1) is 0 Å². The van der Waals surface area contributed by atoms with Crippen LogP contribution < -0.4 is 14.5 Å². The molecule has 0 N–H and O–H groups in total. The number of fused-ring (bicyclic) bond motifs is 1. The van der Waals surface area contributed by atoms with Crippen molar-refractivity contribution in [2.24, 2.45) is 0 Å². The van der Waals surface area contributed by atoms with E-state index < -0.39 is 0 Å². The van der Waals surface area contributed by atoms with E-state index in [2.05, 4.69) is 0 Å². The number of carbonyl (C=O) groups is 2. The van der Waals surface area contributed by atoms with Crippen molar-refractivity contribution < 1.29 is 14.3 Å². The van der Waals surface area contributed by atoms with Crippen LogP contribution in [0.1, 0.15) is 37.3 Å². The lowest BCUT2D eigenvalue weighted by molar-refractivity contribution is -0.122. The number of hydrogen-bond donors (Lipinski definition) is 0. The van der Waals surface area contributed by atoms with E-state index in [4.69, 9.17) is 16.3 Å². The van der Waals surface area contributed by atoms with E-state index in [0.717, 1.165) is 28.3 Å². The number of anilines is 2. The Kier molecular flexibility index (Phi) is 7.23. The van der Waals surface area contributed by atoms with E-state index in [0.29, 0.717) is 18.0 Å². The van der Waals surface area contributed by atoms with Gasteiger partial charge in [0.2, 0.25) is 11.8 Å². The molecule has 0 aromatic heterocycles. The molecule has 2 amide bonds. The van der Waals surface area contributed by atoms with Gasteiger partial charge in [-0.3, -0.25) is 9.59 Å². The Bertz CT molecular complexity index is 1160. The van der Waals surface area contributed by atoms with Crippen molar-refractivity contribution in [1.29, 1.82) is 0 Å². The predicted octanol–water partition coefficient (Wildman–Crippen LogP) is 5.85. The molecule has 0 aliphatic carbocycles. The second-order valence-electron chi connectivity index (χ2n) is 8.54. The van der Waals surface area contributed by atoms with Crippen LogP contribution >= 0.6 is 11.6 Å². The zero-order valence-electron chi connectivity index (χ0n) is 19.7. The summed E-state index contributed by atoms with van der Waals surface area (Å²) < 4.78 is 5.22. The molecule has 3 aromatic rings. The van der Waals surface area contributed by atoms with Gasteiger partial charge in [0.15, 0.2) is 0 Å². The van der Waals surface area contributed by atoms with E-state index in [-0.39, 0.29) is 30.2 Å². The zero-order valence-corrected chi connectivity index (χ0v) is 20.5. The Balaban J connectivity index is 1.61. The molecule has 1 aliphatic heterocycles. The maximum atomic E-state index is 13.7. The molecule has 1 heterocycles. The first-order valence-corrected chi connectivity index (χ1v) is 11.9. The summed E-state index contributed by atoms with van der Waals surface area (Å²) in [7, 11) is 1.62. The van der Waals surface area contributed by atoms with Crippen LogP contribution in [0, 0.1) is 0 Å². The number of halogens is 1. The molecule has 176 valence electrons. The van der Waals surface area contributed by atoms with Crippen LogP contribution in [0.15, 0.2) is 72.8 Å². The fourth-order valence-corrected chi connectivity index (χ4v) is 4.83. The number of ether oxygens (including phenoxy) is 1. The number of likely N-dealkylation sites (N-methyl/N-ethyl adjacent to an activating group) is 1. The van der Waals surface area contributed by atoms with Crippen LogP contribution in [-0.2, 0) is 16.0 Å². The molecule has 1 aliphatic rings. The van der Waals surface area contributed by atoms with Gasteiger partial charge in [-0.1, -0.05) is 41.9 Å². The molecule has 34 heavy (non-hydrogen) atoms. The van der Waals surface area contributed by atoms with Crippen LogP contribution in [0.4, 0.5) is 11.4 Å². The minimum Gasteiger partial charge on any atom is -0.497 e. The first-order chi connectivity index (χ1) is 16.4. The largest absolute Gasteiger partial charge is 0.497 e. The third-order valence-electron chi connectivity index (χ3n) is 6.39. The third-order valence-corrected chi connectivity index (χ3v) is 6.64. The lowest BCUT2D eigenvalue weighted by Gasteiger charge is -2.40. The molecular formula is C28H29ClN2O3. The van der Waals surface area contributed by atoms with Crippen LogP contribution in [0.2, 0.25) is 5.02 Å². The Hall–Kier alpha value is -3.31. The predicted molar refractivity (Wildman–Crippen MR) is 137 cm³/mol. The number of methoxy groups -OCH3 is 1. The first-order valence-electron chi connectivity index (χ1n) is 11.5. The van der Waals surface area contributed by atoms with E-state index >= 15 is 0 Å². The minimum absolute atomic E-state index is 0.0149. The van der Waals surface area contributed by atoms with Crippen LogP contribution in [0.5, 0.6) is 5.75 Å². The third kappa shape index (κ3) is 4.80. The first kappa shape index (κ1) is 23.8. The molecule has 5 nitrogen and oxygen atoms in total. The van der Waals surface area contributed by atoms with Crippen LogP contribution in [0.25, 0.3) is 0 Å². The summed E-state index contributed by atoms with van der Waals surface area (Å²) in [6.45, 7) is 4.53. The molecule has 6 heteroatoms. The van der Waals surface area contributed by atoms with Gasteiger partial charge in [-0.25, -0.2) is 0 Å². The molecule has 0 saturated heterocycles. The quantitative estimate of drug-likeness (QED) is 0.448. The maximum absolute atomic E-state index is 13.7. The van der Waals surface area contributed by atoms with Crippen molar-refractivity contribution in [1.82, 2.24) is 0 Å². The maximum Gasteiger partial charge on any atom is 0.234 e. The number of para-hydroxylation sites is 1. The van der Waals surface area contributed by atoms with Gasteiger partial charge >= 0.3 is 0 Å². The summed E-state index contributed by atoms with van der Waals surface area (Å²) in [4.78, 5) is 30.8. The van der Waals surface area contributed by atoms with Gasteiger partial charge in [0, 0.05) is 29.0 Å². The monoisotopic (exact) mass is 476 g/mol. The smallest absolute Gasteiger partial charge is 0.234 e. The van der Waals surface area contributed by atoms with Crippen LogP contribution in [-0.4, -0.2) is 31.5 Å². The molecule has 0 fully saturated rings. The molecular weight excluding hydrogens is 448 g/mol. The Morgan fingerprint density at radius 1 is 1.03 bits per heavy atom. The average molecular weight is 477 g/mol. The molecule has 4 rings (SSSR count). The molecule has 0 saturated carbocycles. The normalized spacial score (nSPS) is 17.1. The molecule has 0 spiro atoms. The fraction of sp³-hybridized carbons (Fsp3) is 0.286. The second kappa shape index (κ2) is 10.3. The highest BCUT2D eigenvalue weighted by molar-refractivity contribution is 6.30. The Morgan fingerprint density at radius 3 is 2.35 bits per heavy atom. The lowest BCUT2D eigenvalue weighted by Crippen LogP contribution is -2.47. The van der Waals surface area contributed by atoms with E-state index in [1.807, 2.05) is 79.4 Å². The van der Waals surface area contributed by atoms with Crippen molar-refractivity contribution in [2.45, 2.75) is 38.6 Å². The van der Waals surface area contributed by atoms with Crippen molar-refractivity contribution in [2.75, 3.05) is 23.5 Å². The Labute approximate surface area is 205 Å². The second-order valence-corrected chi connectivity index (χ2v) is 8.98. The van der Waals surface area contributed by atoms with Crippen molar-refractivity contribution in [3.63, 3.8) is 0 Å². The molecule has 3 aromatic carbocycles. The number of amides is 2. The minimum atomic E-state index is -0.327. The van der Waals surface area contributed by atoms with Crippen molar-refractivity contribution in [3.05, 3.63) is 88.9 Å². The molecule has 0 bridgehead atoms. The Morgan fingerprint density at radius 2 is 1.71 bits per heavy atom.